The molecule has 21 heavy (non-hydrogen) atoms. The van der Waals surface area contributed by atoms with Gasteiger partial charge in [0.1, 0.15) is 0 Å². The smallest absolute Gasteiger partial charge is 0.251 e. The Kier molecular flexibility index (Phi) is 3.98. The summed E-state index contributed by atoms with van der Waals surface area (Å²) in [6.07, 6.45) is 0. The third-order valence-corrected chi connectivity index (χ3v) is 3.64. The van der Waals surface area contributed by atoms with E-state index < -0.39 is 0 Å². The van der Waals surface area contributed by atoms with Gasteiger partial charge < -0.3 is 9.73 Å². The summed E-state index contributed by atoms with van der Waals surface area (Å²) in [6.45, 7) is 0.169. The van der Waals surface area contributed by atoms with Crippen molar-refractivity contribution in [3.63, 3.8) is 0 Å². The van der Waals surface area contributed by atoms with Gasteiger partial charge in [0.2, 0.25) is 11.8 Å². The first-order valence-corrected chi connectivity index (χ1v) is 7.43. The molecule has 1 aromatic carbocycles. The molecule has 0 saturated heterocycles. The van der Waals surface area contributed by atoms with E-state index in [4.69, 9.17) is 16.0 Å². The average Bonchev–Trinajstić information content (AvgIpc) is 3.15. The van der Waals surface area contributed by atoms with Crippen LogP contribution in [0.2, 0.25) is 5.02 Å². The lowest BCUT2D eigenvalue weighted by Gasteiger charge is -2.02. The molecule has 0 unspecified atom stereocenters. The van der Waals surface area contributed by atoms with Gasteiger partial charge >= 0.3 is 0 Å². The largest absolute Gasteiger partial charge is 0.419 e. The van der Waals surface area contributed by atoms with Gasteiger partial charge in [-0.05, 0) is 29.6 Å². The summed E-state index contributed by atoms with van der Waals surface area (Å²) < 4.78 is 5.48. The fraction of sp³-hybridized carbons (Fsp3) is 0.0714. The van der Waals surface area contributed by atoms with E-state index in [1.807, 2.05) is 16.8 Å². The molecule has 0 atom stereocenters. The molecule has 0 radical (unpaired) electrons. The number of nitrogens with zero attached hydrogens (tertiary/aromatic N) is 2. The molecule has 2 heterocycles. The summed E-state index contributed by atoms with van der Waals surface area (Å²) >= 11 is 7.40. The Labute approximate surface area is 129 Å². The molecule has 3 rings (SSSR count). The van der Waals surface area contributed by atoms with E-state index in [0.29, 0.717) is 22.4 Å². The highest BCUT2D eigenvalue weighted by Gasteiger charge is 2.11. The van der Waals surface area contributed by atoms with Crippen molar-refractivity contribution in [3.8, 4) is 11.5 Å². The minimum absolute atomic E-state index is 0.169. The van der Waals surface area contributed by atoms with Crippen molar-refractivity contribution >= 4 is 28.8 Å². The molecule has 5 nitrogen and oxygen atoms in total. The molecule has 0 bridgehead atoms. The quantitative estimate of drug-likeness (QED) is 0.800. The third-order valence-electron chi connectivity index (χ3n) is 2.72. The van der Waals surface area contributed by atoms with E-state index in [0.717, 1.165) is 5.56 Å². The second-order valence-corrected chi connectivity index (χ2v) is 5.42. The number of carbonyl (C=O) groups is 1. The molecule has 0 saturated carbocycles. The van der Waals surface area contributed by atoms with E-state index >= 15 is 0 Å². The number of rotatable bonds is 4. The van der Waals surface area contributed by atoms with Gasteiger partial charge in [-0.3, -0.25) is 4.79 Å². The Morgan fingerprint density at radius 2 is 2.24 bits per heavy atom. The van der Waals surface area contributed by atoms with E-state index in [-0.39, 0.29) is 12.5 Å². The highest BCUT2D eigenvalue weighted by atomic mass is 35.5. The number of aromatic nitrogens is 2. The fourth-order valence-electron chi connectivity index (χ4n) is 1.72. The Bertz CT molecular complexity index is 755. The van der Waals surface area contributed by atoms with Crippen LogP contribution in [0.5, 0.6) is 0 Å². The van der Waals surface area contributed by atoms with Crippen LogP contribution in [-0.4, -0.2) is 16.1 Å². The number of halogens is 1. The Balaban J connectivity index is 1.64. The predicted octanol–water partition coefficient (Wildman–Crippen LogP) is 3.38. The number of hydrogen-bond donors (Lipinski definition) is 1. The predicted molar refractivity (Wildman–Crippen MR) is 80.2 cm³/mol. The summed E-state index contributed by atoms with van der Waals surface area (Å²) in [7, 11) is 0. The lowest BCUT2D eigenvalue weighted by molar-refractivity contribution is 0.0947. The second kappa shape index (κ2) is 6.07. The third kappa shape index (κ3) is 3.29. The Morgan fingerprint density at radius 1 is 1.33 bits per heavy atom. The van der Waals surface area contributed by atoms with Crippen molar-refractivity contribution in [1.82, 2.24) is 15.5 Å². The highest BCUT2D eigenvalue weighted by Crippen LogP contribution is 2.20. The van der Waals surface area contributed by atoms with E-state index in [2.05, 4.69) is 15.5 Å². The molecular weight excluding hydrogens is 310 g/mol. The second-order valence-electron chi connectivity index (χ2n) is 4.21. The Hall–Kier alpha value is -2.18. The van der Waals surface area contributed by atoms with Gasteiger partial charge in [0.25, 0.3) is 5.91 Å². The maximum Gasteiger partial charge on any atom is 0.251 e. The van der Waals surface area contributed by atoms with Gasteiger partial charge in [-0.2, -0.15) is 11.3 Å². The number of amides is 1. The van der Waals surface area contributed by atoms with Gasteiger partial charge in [0.05, 0.1) is 6.54 Å². The SMILES string of the molecule is O=C(NCc1nnc(-c2ccsc2)o1)c1cccc(Cl)c1. The first-order valence-electron chi connectivity index (χ1n) is 6.11. The van der Waals surface area contributed by atoms with Crippen molar-refractivity contribution in [2.45, 2.75) is 6.54 Å². The minimum Gasteiger partial charge on any atom is -0.419 e. The van der Waals surface area contributed by atoms with Crippen LogP contribution in [0.3, 0.4) is 0 Å². The summed E-state index contributed by atoms with van der Waals surface area (Å²) in [4.78, 5) is 11.9. The molecule has 0 aliphatic heterocycles. The zero-order chi connectivity index (χ0) is 14.7. The summed E-state index contributed by atoms with van der Waals surface area (Å²) in [5.74, 6) is 0.558. The summed E-state index contributed by atoms with van der Waals surface area (Å²) in [6, 6.07) is 8.61. The van der Waals surface area contributed by atoms with Crippen molar-refractivity contribution in [2.75, 3.05) is 0 Å². The van der Waals surface area contributed by atoms with Crippen LogP contribution in [0.15, 0.2) is 45.5 Å². The van der Waals surface area contributed by atoms with E-state index in [9.17, 15) is 4.79 Å². The van der Waals surface area contributed by atoms with Crippen molar-refractivity contribution in [3.05, 3.63) is 57.6 Å². The van der Waals surface area contributed by atoms with Crippen LogP contribution < -0.4 is 5.32 Å². The molecule has 2 aromatic heterocycles. The number of thiophene rings is 1. The van der Waals surface area contributed by atoms with E-state index in [1.54, 1.807) is 35.6 Å². The van der Waals surface area contributed by atoms with Crippen molar-refractivity contribution < 1.29 is 9.21 Å². The summed E-state index contributed by atoms with van der Waals surface area (Å²) in [5, 5.41) is 14.9. The molecule has 7 heteroatoms. The zero-order valence-corrected chi connectivity index (χ0v) is 12.3. The van der Waals surface area contributed by atoms with Gasteiger partial charge in [-0.1, -0.05) is 17.7 Å². The molecule has 0 aliphatic carbocycles. The number of nitrogens with one attached hydrogen (secondary N) is 1. The first-order chi connectivity index (χ1) is 10.2. The van der Waals surface area contributed by atoms with Crippen LogP contribution in [-0.2, 0) is 6.54 Å². The van der Waals surface area contributed by atoms with Gasteiger partial charge in [-0.25, -0.2) is 0 Å². The molecule has 1 N–H and O–H groups in total. The monoisotopic (exact) mass is 319 g/mol. The molecule has 1 amide bonds. The topological polar surface area (TPSA) is 68.0 Å². The van der Waals surface area contributed by atoms with Gasteiger partial charge in [-0.15, -0.1) is 10.2 Å². The molecular formula is C14H10ClN3O2S. The zero-order valence-electron chi connectivity index (χ0n) is 10.7. The molecule has 106 valence electrons. The van der Waals surface area contributed by atoms with E-state index in [1.165, 1.54) is 0 Å². The van der Waals surface area contributed by atoms with Crippen molar-refractivity contribution in [2.24, 2.45) is 0 Å². The highest BCUT2D eigenvalue weighted by molar-refractivity contribution is 7.08. The molecule has 0 fully saturated rings. The lowest BCUT2D eigenvalue weighted by atomic mass is 10.2. The normalized spacial score (nSPS) is 10.5. The number of carbonyl (C=O) groups excluding carboxylic acids is 1. The van der Waals surface area contributed by atoms with Crippen LogP contribution >= 0.6 is 22.9 Å². The lowest BCUT2D eigenvalue weighted by Crippen LogP contribution is -2.22. The maximum atomic E-state index is 11.9. The van der Waals surface area contributed by atoms with Crippen LogP contribution in [0.4, 0.5) is 0 Å². The van der Waals surface area contributed by atoms with Crippen LogP contribution in [0.25, 0.3) is 11.5 Å². The van der Waals surface area contributed by atoms with Gasteiger partial charge in [0.15, 0.2) is 0 Å². The first kappa shape index (κ1) is 13.8. The van der Waals surface area contributed by atoms with Gasteiger partial charge in [0, 0.05) is 21.5 Å². The number of hydrogen-bond acceptors (Lipinski definition) is 5. The minimum atomic E-state index is -0.243. The molecule has 3 aromatic rings. The summed E-state index contributed by atoms with van der Waals surface area (Å²) in [5.41, 5.74) is 1.36. The van der Waals surface area contributed by atoms with Crippen molar-refractivity contribution in [1.29, 1.82) is 0 Å². The van der Waals surface area contributed by atoms with Crippen LogP contribution in [0.1, 0.15) is 16.2 Å². The number of benzene rings is 1. The average molecular weight is 320 g/mol. The Morgan fingerprint density at radius 3 is 3.00 bits per heavy atom. The standard InChI is InChI=1S/C14H10ClN3O2S/c15-11-3-1-2-9(6-11)13(19)16-7-12-17-18-14(20-12)10-4-5-21-8-10/h1-6,8H,7H2,(H,16,19). The maximum absolute atomic E-state index is 11.9. The van der Waals surface area contributed by atoms with Crippen LogP contribution in [0, 0.1) is 0 Å². The fourth-order valence-corrected chi connectivity index (χ4v) is 2.54. The molecule has 0 spiro atoms. The molecule has 0 aliphatic rings.